The summed E-state index contributed by atoms with van der Waals surface area (Å²) >= 11 is 1.89. The molecule has 3 rings (SSSR count). The van der Waals surface area contributed by atoms with Crippen molar-refractivity contribution < 1.29 is 0 Å². The van der Waals surface area contributed by atoms with Gasteiger partial charge in [0, 0.05) is 63.5 Å². The van der Waals surface area contributed by atoms with Gasteiger partial charge in [0.05, 0.1) is 12.2 Å². The third-order valence-electron chi connectivity index (χ3n) is 5.15. The van der Waals surface area contributed by atoms with Crippen LogP contribution in [-0.2, 0) is 26.6 Å². The van der Waals surface area contributed by atoms with E-state index < -0.39 is 0 Å². The van der Waals surface area contributed by atoms with Crippen LogP contribution in [0.1, 0.15) is 48.4 Å². The van der Waals surface area contributed by atoms with Gasteiger partial charge < -0.3 is 10.2 Å². The molecule has 1 N–H and O–H groups in total. The molecule has 0 fully saturated rings. The Morgan fingerprint density at radius 3 is 3.00 bits per heavy atom. The maximum absolute atomic E-state index is 4.89. The van der Waals surface area contributed by atoms with Crippen LogP contribution >= 0.6 is 11.3 Å². The number of hydrogen-bond acceptors (Lipinski definition) is 4. The van der Waals surface area contributed by atoms with Crippen molar-refractivity contribution in [1.82, 2.24) is 24.9 Å². The molecule has 0 bridgehead atoms. The van der Waals surface area contributed by atoms with E-state index in [2.05, 4.69) is 65.7 Å². The molecule has 1 aliphatic heterocycles. The smallest absolute Gasteiger partial charge is 0.194 e. The van der Waals surface area contributed by atoms with Crippen LogP contribution in [0.2, 0.25) is 0 Å². The van der Waals surface area contributed by atoms with Crippen molar-refractivity contribution in [2.45, 2.75) is 46.2 Å². The van der Waals surface area contributed by atoms with E-state index in [1.807, 2.05) is 23.1 Å². The number of aromatic nitrogens is 2. The van der Waals surface area contributed by atoms with Gasteiger partial charge in [-0.15, -0.1) is 11.3 Å². The monoisotopic (exact) mass is 402 g/mol. The third kappa shape index (κ3) is 5.14. The molecule has 0 unspecified atom stereocenters. The topological polar surface area (TPSA) is 48.7 Å². The van der Waals surface area contributed by atoms with E-state index in [0.717, 1.165) is 45.2 Å². The first-order valence-electron chi connectivity index (χ1n) is 10.3. The molecule has 0 radical (unpaired) electrons. The van der Waals surface area contributed by atoms with Crippen LogP contribution < -0.4 is 5.32 Å². The zero-order valence-corrected chi connectivity index (χ0v) is 18.7. The average Bonchev–Trinajstić information content (AvgIpc) is 3.26. The largest absolute Gasteiger partial charge is 0.357 e. The standard InChI is InChI=1S/C21H34N6S/c1-6-22-21(25(4)13-18-14-26(5)24-20(18)16(2)3)23-9-11-27-10-7-19-17(15-27)8-12-28-19/h8,12,14,16H,6-7,9-11,13,15H2,1-5H3,(H,22,23). The lowest BCUT2D eigenvalue weighted by atomic mass is 10.1. The summed E-state index contributed by atoms with van der Waals surface area (Å²) in [6.45, 7) is 12.2. The molecular weight excluding hydrogens is 368 g/mol. The maximum Gasteiger partial charge on any atom is 0.194 e. The predicted octanol–water partition coefficient (Wildman–Crippen LogP) is 3.06. The van der Waals surface area contributed by atoms with E-state index in [1.54, 1.807) is 4.88 Å². The number of nitrogens with one attached hydrogen (secondary N) is 1. The number of aliphatic imine (C=N–C) groups is 1. The highest BCUT2D eigenvalue weighted by Gasteiger charge is 2.17. The second kappa shape index (κ2) is 9.56. The lowest BCUT2D eigenvalue weighted by Gasteiger charge is -2.27. The zero-order valence-electron chi connectivity index (χ0n) is 17.9. The lowest BCUT2D eigenvalue weighted by molar-refractivity contribution is 0.263. The first kappa shape index (κ1) is 20.9. The van der Waals surface area contributed by atoms with Gasteiger partial charge in [-0.05, 0) is 36.3 Å². The van der Waals surface area contributed by atoms with Crippen LogP contribution in [0.3, 0.4) is 0 Å². The molecule has 7 heteroatoms. The van der Waals surface area contributed by atoms with Crippen molar-refractivity contribution in [3.8, 4) is 0 Å². The Morgan fingerprint density at radius 2 is 2.25 bits per heavy atom. The molecule has 0 spiro atoms. The van der Waals surface area contributed by atoms with Crippen LogP contribution in [0.15, 0.2) is 22.6 Å². The number of thiophene rings is 1. The molecule has 0 atom stereocenters. The van der Waals surface area contributed by atoms with Crippen LogP contribution in [0.4, 0.5) is 0 Å². The second-order valence-electron chi connectivity index (χ2n) is 7.85. The molecule has 0 saturated carbocycles. The van der Waals surface area contributed by atoms with Crippen molar-refractivity contribution in [1.29, 1.82) is 0 Å². The van der Waals surface area contributed by atoms with Crippen LogP contribution in [0.25, 0.3) is 0 Å². The summed E-state index contributed by atoms with van der Waals surface area (Å²) in [6, 6.07) is 2.27. The van der Waals surface area contributed by atoms with Gasteiger partial charge >= 0.3 is 0 Å². The molecule has 28 heavy (non-hydrogen) atoms. The van der Waals surface area contributed by atoms with Crippen molar-refractivity contribution in [3.05, 3.63) is 39.3 Å². The SMILES string of the molecule is CCNC(=NCCN1CCc2sccc2C1)N(C)Cc1cn(C)nc1C(C)C. The highest BCUT2D eigenvalue weighted by Crippen LogP contribution is 2.23. The van der Waals surface area contributed by atoms with Crippen LogP contribution in [-0.4, -0.2) is 58.8 Å². The van der Waals surface area contributed by atoms with Crippen LogP contribution in [0, 0.1) is 0 Å². The number of guanidine groups is 1. The summed E-state index contributed by atoms with van der Waals surface area (Å²) in [6.07, 6.45) is 3.30. The Kier molecular flexibility index (Phi) is 7.13. The Balaban J connectivity index is 1.59. The lowest BCUT2D eigenvalue weighted by Crippen LogP contribution is -2.39. The van der Waals surface area contributed by atoms with E-state index in [9.17, 15) is 0 Å². The number of fused-ring (bicyclic) bond motifs is 1. The third-order valence-corrected chi connectivity index (χ3v) is 6.18. The molecule has 3 heterocycles. The highest BCUT2D eigenvalue weighted by atomic mass is 32.1. The van der Waals surface area contributed by atoms with Gasteiger partial charge in [0.15, 0.2) is 5.96 Å². The minimum atomic E-state index is 0.422. The molecule has 2 aromatic heterocycles. The molecule has 0 aromatic carbocycles. The highest BCUT2D eigenvalue weighted by molar-refractivity contribution is 7.10. The molecule has 6 nitrogen and oxygen atoms in total. The molecule has 0 saturated heterocycles. The van der Waals surface area contributed by atoms with Gasteiger partial charge in [0.25, 0.3) is 0 Å². The Labute approximate surface area is 173 Å². The number of aryl methyl sites for hydroxylation is 1. The van der Waals surface area contributed by atoms with Crippen molar-refractivity contribution in [2.75, 3.05) is 33.2 Å². The molecule has 2 aromatic rings. The summed E-state index contributed by atoms with van der Waals surface area (Å²) in [4.78, 5) is 11.2. The van der Waals surface area contributed by atoms with E-state index in [1.165, 1.54) is 23.2 Å². The molecule has 0 amide bonds. The molecule has 154 valence electrons. The Morgan fingerprint density at radius 1 is 1.43 bits per heavy atom. The summed E-state index contributed by atoms with van der Waals surface area (Å²) in [5.41, 5.74) is 3.94. The van der Waals surface area contributed by atoms with Gasteiger partial charge in [0.1, 0.15) is 0 Å². The molecular formula is C21H34N6S. The van der Waals surface area contributed by atoms with Gasteiger partial charge in [-0.25, -0.2) is 0 Å². The predicted molar refractivity (Wildman–Crippen MR) is 118 cm³/mol. The van der Waals surface area contributed by atoms with E-state index in [-0.39, 0.29) is 0 Å². The van der Waals surface area contributed by atoms with Crippen molar-refractivity contribution in [2.24, 2.45) is 12.0 Å². The van der Waals surface area contributed by atoms with E-state index in [0.29, 0.717) is 5.92 Å². The minimum absolute atomic E-state index is 0.422. The first-order valence-corrected chi connectivity index (χ1v) is 11.1. The van der Waals surface area contributed by atoms with Crippen LogP contribution in [0.5, 0.6) is 0 Å². The normalized spacial score (nSPS) is 15.1. The summed E-state index contributed by atoms with van der Waals surface area (Å²) < 4.78 is 1.91. The quantitative estimate of drug-likeness (QED) is 0.571. The fourth-order valence-electron chi connectivity index (χ4n) is 3.76. The minimum Gasteiger partial charge on any atom is -0.357 e. The number of nitrogens with zero attached hydrogens (tertiary/aromatic N) is 5. The molecule has 1 aliphatic rings. The fourth-order valence-corrected chi connectivity index (χ4v) is 4.65. The van der Waals surface area contributed by atoms with E-state index >= 15 is 0 Å². The van der Waals surface area contributed by atoms with Crippen molar-refractivity contribution >= 4 is 17.3 Å². The number of rotatable bonds is 7. The average molecular weight is 403 g/mol. The fraction of sp³-hybridized carbons (Fsp3) is 0.619. The first-order chi connectivity index (χ1) is 13.5. The number of hydrogen-bond donors (Lipinski definition) is 1. The van der Waals surface area contributed by atoms with Crippen molar-refractivity contribution in [3.63, 3.8) is 0 Å². The molecule has 0 aliphatic carbocycles. The summed E-state index contributed by atoms with van der Waals surface area (Å²) in [5, 5.41) is 10.3. The van der Waals surface area contributed by atoms with E-state index in [4.69, 9.17) is 4.99 Å². The summed E-state index contributed by atoms with van der Waals surface area (Å²) in [5.74, 6) is 1.39. The van der Waals surface area contributed by atoms with Gasteiger partial charge in [-0.2, -0.15) is 5.10 Å². The summed E-state index contributed by atoms with van der Waals surface area (Å²) in [7, 11) is 4.10. The Hall–Kier alpha value is -1.86. The maximum atomic E-state index is 4.89. The zero-order chi connectivity index (χ0) is 20.1. The van der Waals surface area contributed by atoms with Gasteiger partial charge in [-0.1, -0.05) is 13.8 Å². The van der Waals surface area contributed by atoms with Gasteiger partial charge in [0.2, 0.25) is 0 Å². The second-order valence-corrected chi connectivity index (χ2v) is 8.86. The Bertz CT molecular complexity index is 791. The van der Waals surface area contributed by atoms with Gasteiger partial charge in [-0.3, -0.25) is 14.6 Å².